The average molecular weight is 374 g/mol. The third kappa shape index (κ3) is 2.99. The van der Waals surface area contributed by atoms with E-state index in [1.54, 1.807) is 0 Å². The second kappa shape index (κ2) is 7.21. The Kier molecular flexibility index (Phi) is 5.20. The number of carbonyl (C=O) groups is 1. The van der Waals surface area contributed by atoms with Crippen molar-refractivity contribution in [2.75, 3.05) is 13.7 Å². The number of hydrogen-bond acceptors (Lipinski definition) is 2. The van der Waals surface area contributed by atoms with Gasteiger partial charge in [0.05, 0.1) is 6.10 Å². The van der Waals surface area contributed by atoms with Crippen LogP contribution in [0.4, 0.5) is 0 Å². The molecule has 0 saturated heterocycles. The number of hydrogen-bond donors (Lipinski definition) is 0. The second-order valence-electron chi connectivity index (χ2n) is 10.3. The van der Waals surface area contributed by atoms with E-state index >= 15 is 0 Å². The zero-order chi connectivity index (χ0) is 19.2. The first-order chi connectivity index (χ1) is 12.9. The average Bonchev–Trinajstić information content (AvgIpc) is 2.99. The van der Waals surface area contributed by atoms with Crippen molar-refractivity contribution in [1.82, 2.24) is 4.90 Å². The van der Waals surface area contributed by atoms with Crippen LogP contribution in [0.2, 0.25) is 0 Å². The van der Waals surface area contributed by atoms with Gasteiger partial charge in [0.2, 0.25) is 5.91 Å². The maximum absolute atomic E-state index is 12.2. The number of rotatable bonds is 5. The predicted octanol–water partition coefficient (Wildman–Crippen LogP) is 5.20. The van der Waals surface area contributed by atoms with Gasteiger partial charge in [-0.15, -0.1) is 0 Å². The van der Waals surface area contributed by atoms with Crippen LogP contribution in [0, 0.1) is 28.6 Å². The van der Waals surface area contributed by atoms with E-state index in [4.69, 9.17) is 4.74 Å². The van der Waals surface area contributed by atoms with E-state index in [1.165, 1.54) is 57.8 Å². The predicted molar refractivity (Wildman–Crippen MR) is 109 cm³/mol. The van der Waals surface area contributed by atoms with Crippen LogP contribution in [-0.4, -0.2) is 36.6 Å². The molecule has 0 N–H and O–H groups in total. The molecule has 1 heterocycles. The number of amides is 1. The summed E-state index contributed by atoms with van der Waals surface area (Å²) in [4.78, 5) is 14.2. The lowest BCUT2D eigenvalue weighted by molar-refractivity contribution is -0.141. The Balaban J connectivity index is 1.51. The molecule has 152 valence electrons. The lowest BCUT2D eigenvalue weighted by Gasteiger charge is -2.60. The van der Waals surface area contributed by atoms with Crippen molar-refractivity contribution < 1.29 is 9.53 Å². The Hall–Kier alpha value is -0.830. The largest absolute Gasteiger partial charge is 0.378 e. The summed E-state index contributed by atoms with van der Waals surface area (Å²) in [5, 5.41) is 0. The lowest BCUT2D eigenvalue weighted by atomic mass is 9.48. The third-order valence-electron chi connectivity index (χ3n) is 9.11. The highest BCUT2D eigenvalue weighted by Crippen LogP contribution is 2.64. The van der Waals surface area contributed by atoms with Crippen LogP contribution in [0.25, 0.3) is 0 Å². The van der Waals surface area contributed by atoms with E-state index in [0.29, 0.717) is 17.6 Å². The monoisotopic (exact) mass is 373 g/mol. The molecule has 3 heteroatoms. The van der Waals surface area contributed by atoms with Gasteiger partial charge in [-0.1, -0.05) is 39.7 Å². The first-order valence-electron chi connectivity index (χ1n) is 11.5. The highest BCUT2D eigenvalue weighted by molar-refractivity contribution is 5.89. The minimum absolute atomic E-state index is 0.160. The molecule has 0 aromatic heterocycles. The summed E-state index contributed by atoms with van der Waals surface area (Å²) in [5.41, 5.74) is 0.531. The molecule has 3 aliphatic carbocycles. The van der Waals surface area contributed by atoms with Crippen LogP contribution < -0.4 is 0 Å². The van der Waals surface area contributed by atoms with Crippen molar-refractivity contribution in [3.8, 4) is 0 Å². The van der Waals surface area contributed by atoms with Crippen LogP contribution in [0.3, 0.4) is 0 Å². The zero-order valence-corrected chi connectivity index (χ0v) is 17.9. The molecule has 4 aliphatic rings. The van der Waals surface area contributed by atoms with Gasteiger partial charge in [-0.05, 0) is 74.2 Å². The summed E-state index contributed by atoms with van der Waals surface area (Å²) in [7, 11) is 2.01. The van der Waals surface area contributed by atoms with Crippen LogP contribution >= 0.6 is 0 Å². The van der Waals surface area contributed by atoms with Gasteiger partial charge >= 0.3 is 0 Å². The van der Waals surface area contributed by atoms with Crippen molar-refractivity contribution in [2.45, 2.75) is 90.7 Å². The van der Waals surface area contributed by atoms with E-state index < -0.39 is 0 Å². The molecule has 0 spiro atoms. The van der Waals surface area contributed by atoms with Crippen LogP contribution in [0.5, 0.6) is 0 Å². The summed E-state index contributed by atoms with van der Waals surface area (Å²) in [6, 6.07) is 0.392. The number of likely N-dealkylation sites (N-methyl/N-ethyl adjacent to an activating group) is 1. The number of nitrogens with zero attached hydrogens (tertiary/aromatic N) is 1. The van der Waals surface area contributed by atoms with Crippen LogP contribution in [0.1, 0.15) is 78.6 Å². The van der Waals surface area contributed by atoms with Crippen LogP contribution in [-0.2, 0) is 9.53 Å². The SMILES string of the molecule is CCCCCOC1CC[C@H]2[C@@H]3CCC4N(C)C(=O)C=C[C@]4(C)[C@@H]3CC[C@]12C. The van der Waals surface area contributed by atoms with E-state index in [2.05, 4.69) is 26.8 Å². The van der Waals surface area contributed by atoms with Crippen molar-refractivity contribution in [1.29, 1.82) is 0 Å². The smallest absolute Gasteiger partial charge is 0.246 e. The number of ether oxygens (including phenoxy) is 1. The lowest BCUT2D eigenvalue weighted by Crippen LogP contribution is -2.59. The second-order valence-corrected chi connectivity index (χ2v) is 10.3. The molecule has 3 fully saturated rings. The molecule has 0 radical (unpaired) electrons. The molecule has 1 amide bonds. The molecular formula is C24H39NO2. The first kappa shape index (κ1) is 19.5. The van der Waals surface area contributed by atoms with E-state index in [-0.39, 0.29) is 11.3 Å². The highest BCUT2D eigenvalue weighted by Gasteiger charge is 2.60. The van der Waals surface area contributed by atoms with Crippen molar-refractivity contribution in [2.24, 2.45) is 28.6 Å². The minimum atomic E-state index is 0.160. The van der Waals surface area contributed by atoms with E-state index in [9.17, 15) is 4.79 Å². The van der Waals surface area contributed by atoms with Gasteiger partial charge in [-0.25, -0.2) is 0 Å². The summed E-state index contributed by atoms with van der Waals surface area (Å²) < 4.78 is 6.45. The molecule has 3 saturated carbocycles. The minimum Gasteiger partial charge on any atom is -0.378 e. The molecule has 3 nitrogen and oxygen atoms in total. The Labute approximate surface area is 165 Å². The van der Waals surface area contributed by atoms with Gasteiger partial charge in [0.15, 0.2) is 0 Å². The zero-order valence-electron chi connectivity index (χ0n) is 17.9. The third-order valence-corrected chi connectivity index (χ3v) is 9.11. The maximum Gasteiger partial charge on any atom is 0.246 e. The van der Waals surface area contributed by atoms with Gasteiger partial charge in [-0.3, -0.25) is 4.79 Å². The highest BCUT2D eigenvalue weighted by atomic mass is 16.5. The fraction of sp³-hybridized carbons (Fsp3) is 0.875. The molecular weight excluding hydrogens is 334 g/mol. The van der Waals surface area contributed by atoms with Crippen molar-refractivity contribution >= 4 is 5.91 Å². The molecule has 7 atom stereocenters. The molecule has 0 aromatic rings. The topological polar surface area (TPSA) is 29.5 Å². The molecule has 2 unspecified atom stereocenters. The van der Waals surface area contributed by atoms with Crippen LogP contribution in [0.15, 0.2) is 12.2 Å². The standard InChI is InChI=1S/C24H39NO2/c1-5-6-7-16-27-21-11-9-18-17-8-10-20-23(2,15-13-22(26)25(20)4)19(17)12-14-24(18,21)3/h13,15,17-21H,5-12,14,16H2,1-4H3/t17-,18-,19+,20?,21?,23+,24-/m0/s1. The normalized spacial score (nSPS) is 46.1. The van der Waals surface area contributed by atoms with Crippen molar-refractivity contribution in [3.05, 3.63) is 12.2 Å². The molecule has 0 bridgehead atoms. The number of fused-ring (bicyclic) bond motifs is 5. The fourth-order valence-corrected chi connectivity index (χ4v) is 7.54. The first-order valence-corrected chi connectivity index (χ1v) is 11.5. The number of carbonyl (C=O) groups excluding carboxylic acids is 1. The maximum atomic E-state index is 12.2. The molecule has 0 aromatic carbocycles. The summed E-state index contributed by atoms with van der Waals surface area (Å²) >= 11 is 0. The Morgan fingerprint density at radius 2 is 1.93 bits per heavy atom. The molecule has 27 heavy (non-hydrogen) atoms. The van der Waals surface area contributed by atoms with E-state index in [1.807, 2.05) is 18.0 Å². The van der Waals surface area contributed by atoms with Crippen molar-refractivity contribution in [3.63, 3.8) is 0 Å². The Bertz CT molecular complexity index is 601. The van der Waals surface area contributed by atoms with Gasteiger partial charge in [0.1, 0.15) is 0 Å². The van der Waals surface area contributed by atoms with Gasteiger partial charge in [0.25, 0.3) is 0 Å². The Morgan fingerprint density at radius 1 is 1.11 bits per heavy atom. The van der Waals surface area contributed by atoms with Gasteiger partial charge < -0.3 is 9.64 Å². The molecule has 1 aliphatic heterocycles. The van der Waals surface area contributed by atoms with Gasteiger partial charge in [0, 0.05) is 25.1 Å². The fourth-order valence-electron chi connectivity index (χ4n) is 7.54. The number of unbranched alkanes of at least 4 members (excludes halogenated alkanes) is 2. The quantitative estimate of drug-likeness (QED) is 0.620. The van der Waals surface area contributed by atoms with E-state index in [0.717, 1.165) is 24.4 Å². The summed E-state index contributed by atoms with van der Waals surface area (Å²) in [5.74, 6) is 2.53. The Morgan fingerprint density at radius 3 is 2.70 bits per heavy atom. The summed E-state index contributed by atoms with van der Waals surface area (Å²) in [6.45, 7) is 8.18. The summed E-state index contributed by atoms with van der Waals surface area (Å²) in [6.07, 6.45) is 16.0. The van der Waals surface area contributed by atoms with Gasteiger partial charge in [-0.2, -0.15) is 0 Å². The molecule has 4 rings (SSSR count).